The lowest BCUT2D eigenvalue weighted by Gasteiger charge is -2.35. The van der Waals surface area contributed by atoms with Crippen LogP contribution in [0, 0.1) is 5.41 Å². The van der Waals surface area contributed by atoms with Crippen LogP contribution in [0.15, 0.2) is 22.7 Å². The van der Waals surface area contributed by atoms with E-state index in [9.17, 15) is 22.8 Å². The molecule has 114 valence electrons. The molecule has 4 nitrogen and oxygen atoms in total. The van der Waals surface area contributed by atoms with Gasteiger partial charge >= 0.3 is 12.1 Å². The van der Waals surface area contributed by atoms with Crippen molar-refractivity contribution in [3.05, 3.63) is 28.2 Å². The molecule has 1 amide bonds. The highest BCUT2D eigenvalue weighted by molar-refractivity contribution is 9.10. The zero-order chi connectivity index (χ0) is 15.8. The van der Waals surface area contributed by atoms with Gasteiger partial charge in [0.15, 0.2) is 0 Å². The van der Waals surface area contributed by atoms with E-state index in [1.165, 1.54) is 6.07 Å². The van der Waals surface area contributed by atoms with Gasteiger partial charge in [0, 0.05) is 10.2 Å². The fourth-order valence-electron chi connectivity index (χ4n) is 2.14. The fraction of sp³-hybridized carbons (Fsp3) is 0.385. The Labute approximate surface area is 126 Å². The molecule has 1 saturated carbocycles. The Morgan fingerprint density at radius 3 is 2.33 bits per heavy atom. The lowest BCUT2D eigenvalue weighted by molar-refractivity contribution is -0.159. The molecule has 0 aromatic heterocycles. The largest absolute Gasteiger partial charge is 0.480 e. The van der Waals surface area contributed by atoms with Gasteiger partial charge in [-0.15, -0.1) is 0 Å². The molecule has 0 radical (unpaired) electrons. The highest BCUT2D eigenvalue weighted by Crippen LogP contribution is 2.42. The van der Waals surface area contributed by atoms with Crippen LogP contribution in [0.1, 0.15) is 24.8 Å². The van der Waals surface area contributed by atoms with Crippen LogP contribution in [0.3, 0.4) is 0 Å². The molecule has 8 heteroatoms. The molecule has 1 aliphatic rings. The van der Waals surface area contributed by atoms with E-state index in [1.807, 2.05) is 0 Å². The van der Waals surface area contributed by atoms with Crippen molar-refractivity contribution in [2.45, 2.75) is 25.4 Å². The van der Waals surface area contributed by atoms with Crippen LogP contribution in [0.2, 0.25) is 0 Å². The molecule has 1 aromatic rings. The number of aliphatic carboxylic acids is 1. The number of hydrogen-bond donors (Lipinski definition) is 2. The third kappa shape index (κ3) is 2.90. The average molecular weight is 366 g/mol. The van der Waals surface area contributed by atoms with E-state index >= 15 is 0 Å². The quantitative estimate of drug-likeness (QED) is 0.803. The van der Waals surface area contributed by atoms with Gasteiger partial charge in [-0.3, -0.25) is 9.59 Å². The number of hydrogen-bond acceptors (Lipinski definition) is 2. The predicted molar refractivity (Wildman–Crippen MR) is 71.7 cm³/mol. The minimum absolute atomic E-state index is 0.0805. The molecule has 0 unspecified atom stereocenters. The normalized spacial score (nSPS) is 17.0. The van der Waals surface area contributed by atoms with Gasteiger partial charge in [-0.05, 0) is 31.0 Å². The minimum Gasteiger partial charge on any atom is -0.480 e. The first-order valence-electron chi connectivity index (χ1n) is 6.08. The number of carbonyl (C=O) groups excluding carboxylic acids is 1. The first-order chi connectivity index (χ1) is 9.67. The average Bonchev–Trinajstić information content (AvgIpc) is 2.28. The van der Waals surface area contributed by atoms with Crippen LogP contribution in [0.25, 0.3) is 0 Å². The van der Waals surface area contributed by atoms with Gasteiger partial charge in [0.1, 0.15) is 5.41 Å². The Bertz CT molecular complexity index is 597. The Kier molecular flexibility index (Phi) is 4.01. The van der Waals surface area contributed by atoms with Crippen LogP contribution < -0.4 is 5.32 Å². The van der Waals surface area contributed by atoms with Crippen molar-refractivity contribution < 1.29 is 27.9 Å². The van der Waals surface area contributed by atoms with Crippen LogP contribution in [-0.2, 0) is 15.8 Å². The van der Waals surface area contributed by atoms with E-state index in [-0.39, 0.29) is 23.0 Å². The lowest BCUT2D eigenvalue weighted by atomic mass is 9.68. The molecule has 0 heterocycles. The SMILES string of the molecule is O=C(O)C1(C(=O)Nc2ccc(Br)c(C(F)(F)F)c2)CCC1. The highest BCUT2D eigenvalue weighted by Gasteiger charge is 2.51. The van der Waals surface area contributed by atoms with Gasteiger partial charge in [0.2, 0.25) is 5.91 Å². The third-order valence-corrected chi connectivity index (χ3v) is 4.27. The molecule has 0 saturated heterocycles. The topological polar surface area (TPSA) is 66.4 Å². The second kappa shape index (κ2) is 5.32. The minimum atomic E-state index is -4.57. The van der Waals surface area contributed by atoms with Crippen LogP contribution >= 0.6 is 15.9 Å². The summed E-state index contributed by atoms with van der Waals surface area (Å²) in [6.45, 7) is 0. The van der Waals surface area contributed by atoms with Gasteiger partial charge in [-0.1, -0.05) is 22.4 Å². The molecule has 21 heavy (non-hydrogen) atoms. The zero-order valence-corrected chi connectivity index (χ0v) is 12.2. The summed E-state index contributed by atoms with van der Waals surface area (Å²) in [6, 6.07) is 3.22. The molecular formula is C13H11BrF3NO3. The maximum absolute atomic E-state index is 12.8. The van der Waals surface area contributed by atoms with Crippen molar-refractivity contribution in [2.75, 3.05) is 5.32 Å². The summed E-state index contributed by atoms with van der Waals surface area (Å²) in [6.07, 6.45) is -3.58. The van der Waals surface area contributed by atoms with Gasteiger partial charge in [0.25, 0.3) is 0 Å². The number of carboxylic acids is 1. The lowest BCUT2D eigenvalue weighted by Crippen LogP contribution is -2.48. The molecule has 2 N–H and O–H groups in total. The number of nitrogens with one attached hydrogen (secondary N) is 1. The van der Waals surface area contributed by atoms with Crippen molar-refractivity contribution in [2.24, 2.45) is 5.41 Å². The van der Waals surface area contributed by atoms with Crippen molar-refractivity contribution in [1.82, 2.24) is 0 Å². The second-order valence-corrected chi connectivity index (χ2v) is 5.74. The smallest absolute Gasteiger partial charge is 0.417 e. The van der Waals surface area contributed by atoms with E-state index in [1.54, 1.807) is 0 Å². The Balaban J connectivity index is 2.25. The number of rotatable bonds is 3. The molecule has 1 aliphatic carbocycles. The number of anilines is 1. The third-order valence-electron chi connectivity index (χ3n) is 3.58. The number of halogens is 4. The summed E-state index contributed by atoms with van der Waals surface area (Å²) in [5, 5.41) is 11.4. The molecule has 0 atom stereocenters. The molecule has 1 fully saturated rings. The monoisotopic (exact) mass is 365 g/mol. The van der Waals surface area contributed by atoms with Crippen molar-refractivity contribution in [3.63, 3.8) is 0 Å². The predicted octanol–water partition coefficient (Wildman–Crippen LogP) is 3.66. The zero-order valence-electron chi connectivity index (χ0n) is 10.6. The first-order valence-corrected chi connectivity index (χ1v) is 6.88. The van der Waals surface area contributed by atoms with E-state index in [0.717, 1.165) is 12.1 Å². The number of amides is 1. The molecule has 0 aliphatic heterocycles. The molecule has 0 bridgehead atoms. The van der Waals surface area contributed by atoms with E-state index in [4.69, 9.17) is 5.11 Å². The summed E-state index contributed by atoms with van der Waals surface area (Å²) in [7, 11) is 0. The molecular weight excluding hydrogens is 355 g/mol. The van der Waals surface area contributed by atoms with E-state index in [0.29, 0.717) is 6.42 Å². The van der Waals surface area contributed by atoms with Gasteiger partial charge in [-0.2, -0.15) is 13.2 Å². The summed E-state index contributed by atoms with van der Waals surface area (Å²) < 4.78 is 38.2. The Hall–Kier alpha value is -1.57. The van der Waals surface area contributed by atoms with Crippen LogP contribution in [-0.4, -0.2) is 17.0 Å². The fourth-order valence-corrected chi connectivity index (χ4v) is 2.61. The van der Waals surface area contributed by atoms with Crippen molar-refractivity contribution in [1.29, 1.82) is 0 Å². The molecule has 0 spiro atoms. The summed E-state index contributed by atoms with van der Waals surface area (Å²) in [5.41, 5.74) is -2.54. The number of alkyl halides is 3. The van der Waals surface area contributed by atoms with Crippen LogP contribution in [0.5, 0.6) is 0 Å². The first kappa shape index (κ1) is 15.8. The van der Waals surface area contributed by atoms with Gasteiger partial charge in [0.05, 0.1) is 5.56 Å². The number of carboxylic acid groups (broad SMARTS) is 1. The van der Waals surface area contributed by atoms with Gasteiger partial charge < -0.3 is 10.4 Å². The maximum atomic E-state index is 12.8. The van der Waals surface area contributed by atoms with Gasteiger partial charge in [-0.25, -0.2) is 0 Å². The summed E-state index contributed by atoms with van der Waals surface area (Å²) in [4.78, 5) is 23.2. The second-order valence-electron chi connectivity index (χ2n) is 4.89. The maximum Gasteiger partial charge on any atom is 0.417 e. The van der Waals surface area contributed by atoms with Crippen LogP contribution in [0.4, 0.5) is 18.9 Å². The van der Waals surface area contributed by atoms with Crippen molar-refractivity contribution in [3.8, 4) is 0 Å². The highest BCUT2D eigenvalue weighted by atomic mass is 79.9. The Morgan fingerprint density at radius 1 is 1.29 bits per heavy atom. The molecule has 1 aromatic carbocycles. The van der Waals surface area contributed by atoms with E-state index < -0.39 is 29.0 Å². The standard InChI is InChI=1S/C13H11BrF3NO3/c14-9-3-2-7(6-8(9)13(15,16)17)18-10(19)12(11(20)21)4-1-5-12/h2-3,6H,1,4-5H2,(H,18,19)(H,20,21). The number of benzene rings is 1. The molecule has 2 rings (SSSR count). The van der Waals surface area contributed by atoms with E-state index in [2.05, 4.69) is 21.2 Å². The Morgan fingerprint density at radius 2 is 1.90 bits per heavy atom. The van der Waals surface area contributed by atoms with Crippen molar-refractivity contribution >= 4 is 33.5 Å². The summed E-state index contributed by atoms with van der Waals surface area (Å²) in [5.74, 6) is -2.03. The summed E-state index contributed by atoms with van der Waals surface area (Å²) >= 11 is 2.79. The number of carbonyl (C=O) groups is 2.